The van der Waals surface area contributed by atoms with Crippen LogP contribution < -0.4 is 5.73 Å². The number of nitrogens with zero attached hydrogens (tertiary/aromatic N) is 1. The molecule has 0 aliphatic carbocycles. The summed E-state index contributed by atoms with van der Waals surface area (Å²) < 4.78 is 9.28. The molecular formula is C11H16N2O5. The van der Waals surface area contributed by atoms with Crippen molar-refractivity contribution in [2.24, 2.45) is 11.1 Å². The first kappa shape index (κ1) is 15.9. The molecule has 0 saturated heterocycles. The van der Waals surface area contributed by atoms with Crippen molar-refractivity contribution in [2.75, 3.05) is 13.2 Å². The van der Waals surface area contributed by atoms with E-state index in [1.54, 1.807) is 19.9 Å². The molecule has 7 heteroatoms. The third-order valence-electron chi connectivity index (χ3n) is 2.19. The van der Waals surface area contributed by atoms with Crippen LogP contribution in [0.5, 0.6) is 0 Å². The Morgan fingerprint density at radius 1 is 1.11 bits per heavy atom. The lowest BCUT2D eigenvalue weighted by molar-refractivity contribution is -0.152. The van der Waals surface area contributed by atoms with E-state index in [-0.39, 0.29) is 13.2 Å². The number of ether oxygens (including phenoxy) is 2. The first-order chi connectivity index (χ1) is 8.41. The zero-order valence-corrected chi connectivity index (χ0v) is 10.4. The van der Waals surface area contributed by atoms with E-state index in [4.69, 9.17) is 11.0 Å². The highest BCUT2D eigenvalue weighted by Crippen LogP contribution is 2.26. The van der Waals surface area contributed by atoms with Crippen LogP contribution >= 0.6 is 0 Å². The summed E-state index contributed by atoms with van der Waals surface area (Å²) in [6, 6.07) is 1.62. The molecule has 0 rings (SSSR count). The number of amides is 1. The summed E-state index contributed by atoms with van der Waals surface area (Å²) >= 11 is 0. The number of rotatable bonds is 7. The van der Waals surface area contributed by atoms with Crippen LogP contribution in [0.4, 0.5) is 0 Å². The number of esters is 2. The van der Waals surface area contributed by atoms with Crippen LogP contribution in [-0.2, 0) is 23.9 Å². The maximum Gasteiger partial charge on any atom is 0.307 e. The lowest BCUT2D eigenvalue weighted by atomic mass is 9.82. The fourth-order valence-electron chi connectivity index (χ4n) is 1.29. The Kier molecular flexibility index (Phi) is 6.42. The maximum atomic E-state index is 11.3. The lowest BCUT2D eigenvalue weighted by Gasteiger charge is -2.20. The Morgan fingerprint density at radius 3 is 1.72 bits per heavy atom. The highest BCUT2D eigenvalue weighted by molar-refractivity contribution is 5.92. The van der Waals surface area contributed by atoms with Crippen molar-refractivity contribution >= 4 is 17.8 Å². The number of nitrogens with two attached hydrogens (primary N) is 1. The van der Waals surface area contributed by atoms with Crippen molar-refractivity contribution in [2.45, 2.75) is 26.7 Å². The number of hydrogen-bond acceptors (Lipinski definition) is 6. The van der Waals surface area contributed by atoms with Crippen LogP contribution in [0.25, 0.3) is 0 Å². The van der Waals surface area contributed by atoms with Gasteiger partial charge in [0.15, 0.2) is 5.41 Å². The van der Waals surface area contributed by atoms with Gasteiger partial charge in [-0.3, -0.25) is 14.4 Å². The van der Waals surface area contributed by atoms with Crippen molar-refractivity contribution in [1.82, 2.24) is 0 Å². The first-order valence-electron chi connectivity index (χ1n) is 5.44. The van der Waals surface area contributed by atoms with Gasteiger partial charge in [0.05, 0.1) is 32.1 Å². The molecule has 0 aromatic heterocycles. The van der Waals surface area contributed by atoms with E-state index in [1.807, 2.05) is 0 Å². The number of hydrogen-bond donors (Lipinski definition) is 1. The summed E-state index contributed by atoms with van der Waals surface area (Å²) in [5.41, 5.74) is 3.18. The second kappa shape index (κ2) is 7.27. The highest BCUT2D eigenvalue weighted by Gasteiger charge is 2.42. The van der Waals surface area contributed by atoms with Gasteiger partial charge in [-0.25, -0.2) is 0 Å². The Morgan fingerprint density at radius 2 is 1.50 bits per heavy atom. The van der Waals surface area contributed by atoms with Crippen LogP contribution in [0.2, 0.25) is 0 Å². The van der Waals surface area contributed by atoms with Crippen molar-refractivity contribution in [3.8, 4) is 6.07 Å². The van der Waals surface area contributed by atoms with Gasteiger partial charge in [0.1, 0.15) is 0 Å². The fourth-order valence-corrected chi connectivity index (χ4v) is 1.29. The van der Waals surface area contributed by atoms with E-state index in [1.165, 1.54) is 0 Å². The summed E-state index contributed by atoms with van der Waals surface area (Å²) in [5.74, 6) is -2.57. The van der Waals surface area contributed by atoms with Crippen LogP contribution in [0.15, 0.2) is 0 Å². The molecular weight excluding hydrogens is 240 g/mol. The number of primary amides is 1. The second-order valence-electron chi connectivity index (χ2n) is 3.52. The van der Waals surface area contributed by atoms with Gasteiger partial charge in [-0.1, -0.05) is 0 Å². The molecule has 0 radical (unpaired) electrons. The Labute approximate surface area is 105 Å². The van der Waals surface area contributed by atoms with Gasteiger partial charge in [-0.2, -0.15) is 5.26 Å². The molecule has 0 aromatic rings. The normalized spacial score (nSPS) is 10.3. The van der Waals surface area contributed by atoms with Crippen LogP contribution in [0, 0.1) is 16.7 Å². The fraction of sp³-hybridized carbons (Fsp3) is 0.636. The summed E-state index contributed by atoms with van der Waals surface area (Å²) in [5, 5.41) is 9.01. The molecule has 0 aromatic carbocycles. The van der Waals surface area contributed by atoms with Crippen molar-refractivity contribution < 1.29 is 23.9 Å². The van der Waals surface area contributed by atoms with Crippen molar-refractivity contribution in [1.29, 1.82) is 5.26 Å². The van der Waals surface area contributed by atoms with Crippen LogP contribution in [0.3, 0.4) is 0 Å². The maximum absolute atomic E-state index is 11.3. The van der Waals surface area contributed by atoms with Gasteiger partial charge in [-0.05, 0) is 13.8 Å². The minimum atomic E-state index is -1.92. The summed E-state index contributed by atoms with van der Waals surface area (Å²) in [4.78, 5) is 34.0. The average Bonchev–Trinajstić information content (AvgIpc) is 2.28. The number of nitriles is 1. The standard InChI is InChI=1S/C11H16N2O5/c1-3-17-8(14)5-11(7-12,10(13)16)6-9(15)18-4-2/h3-6H2,1-2H3,(H2,13,16). The Balaban J connectivity index is 4.95. The molecule has 0 bridgehead atoms. The predicted octanol–water partition coefficient (Wildman–Crippen LogP) is -0.112. The van der Waals surface area contributed by atoms with Crippen LogP contribution in [0.1, 0.15) is 26.7 Å². The Bertz CT molecular complexity index is 352. The summed E-state index contributed by atoms with van der Waals surface area (Å²) in [6.45, 7) is 3.39. The first-order valence-corrected chi connectivity index (χ1v) is 5.44. The molecule has 1 amide bonds. The lowest BCUT2D eigenvalue weighted by Crippen LogP contribution is -2.40. The Hall–Kier alpha value is -2.10. The molecule has 0 saturated carbocycles. The summed E-state index contributed by atoms with van der Waals surface area (Å²) in [7, 11) is 0. The van der Waals surface area contributed by atoms with Gasteiger partial charge < -0.3 is 15.2 Å². The molecule has 0 unspecified atom stereocenters. The largest absolute Gasteiger partial charge is 0.466 e. The van der Waals surface area contributed by atoms with Crippen molar-refractivity contribution in [3.05, 3.63) is 0 Å². The molecule has 2 N–H and O–H groups in total. The highest BCUT2D eigenvalue weighted by atomic mass is 16.5. The molecule has 100 valence electrons. The monoisotopic (exact) mass is 256 g/mol. The molecule has 18 heavy (non-hydrogen) atoms. The quantitative estimate of drug-likeness (QED) is 0.634. The summed E-state index contributed by atoms with van der Waals surface area (Å²) in [6.07, 6.45) is -1.13. The SMILES string of the molecule is CCOC(=O)CC(C#N)(CC(=O)OCC)C(N)=O. The third-order valence-corrected chi connectivity index (χ3v) is 2.19. The second-order valence-corrected chi connectivity index (χ2v) is 3.52. The molecule has 0 fully saturated rings. The zero-order chi connectivity index (χ0) is 14.2. The number of carbonyl (C=O) groups is 3. The minimum absolute atomic E-state index is 0.110. The topological polar surface area (TPSA) is 119 Å². The molecule has 7 nitrogen and oxygen atoms in total. The van der Waals surface area contributed by atoms with E-state index in [0.29, 0.717) is 0 Å². The van der Waals surface area contributed by atoms with E-state index in [9.17, 15) is 14.4 Å². The van der Waals surface area contributed by atoms with E-state index >= 15 is 0 Å². The van der Waals surface area contributed by atoms with Gasteiger partial charge in [0.25, 0.3) is 0 Å². The number of carbonyl (C=O) groups excluding carboxylic acids is 3. The molecule has 0 spiro atoms. The van der Waals surface area contributed by atoms with Gasteiger partial charge in [-0.15, -0.1) is 0 Å². The van der Waals surface area contributed by atoms with Crippen LogP contribution in [-0.4, -0.2) is 31.1 Å². The molecule has 0 heterocycles. The van der Waals surface area contributed by atoms with Crippen molar-refractivity contribution in [3.63, 3.8) is 0 Å². The smallest absolute Gasteiger partial charge is 0.307 e. The molecule has 0 aliphatic heterocycles. The molecule has 0 aliphatic rings. The predicted molar refractivity (Wildman–Crippen MR) is 59.7 cm³/mol. The molecule has 0 atom stereocenters. The van der Waals surface area contributed by atoms with Gasteiger partial charge >= 0.3 is 11.9 Å². The zero-order valence-electron chi connectivity index (χ0n) is 10.4. The minimum Gasteiger partial charge on any atom is -0.466 e. The van der Waals surface area contributed by atoms with E-state index in [2.05, 4.69) is 9.47 Å². The van der Waals surface area contributed by atoms with Gasteiger partial charge in [0.2, 0.25) is 5.91 Å². The van der Waals surface area contributed by atoms with Gasteiger partial charge in [0, 0.05) is 0 Å². The van der Waals surface area contributed by atoms with E-state index < -0.39 is 36.1 Å². The van der Waals surface area contributed by atoms with E-state index in [0.717, 1.165) is 0 Å². The average molecular weight is 256 g/mol. The third kappa shape index (κ3) is 4.41.